The van der Waals surface area contributed by atoms with Crippen LogP contribution in [0.4, 0.5) is 0 Å². The molecule has 0 N–H and O–H groups in total. The second kappa shape index (κ2) is 14.5. The minimum atomic E-state index is -0.0597. The Morgan fingerprint density at radius 2 is 0.900 bits per heavy atom. The van der Waals surface area contributed by atoms with Crippen molar-refractivity contribution in [2.45, 2.75) is 32.6 Å². The van der Waals surface area contributed by atoms with Crippen LogP contribution in [0.1, 0.15) is 55.0 Å². The molecule has 1 aromatic heterocycles. The average Bonchev–Trinajstić information content (AvgIpc) is 3.73. The van der Waals surface area contributed by atoms with Crippen molar-refractivity contribution in [3.8, 4) is 44.5 Å². The third kappa shape index (κ3) is 5.95. The quantitative estimate of drug-likeness (QED) is 0.158. The molecule has 0 amide bonds. The van der Waals surface area contributed by atoms with Crippen LogP contribution in [-0.4, -0.2) is 0 Å². The van der Waals surface area contributed by atoms with Crippen molar-refractivity contribution in [3.05, 3.63) is 234 Å². The van der Waals surface area contributed by atoms with Crippen molar-refractivity contribution in [1.29, 1.82) is 0 Å². The molecule has 2 aliphatic carbocycles. The van der Waals surface area contributed by atoms with E-state index in [1.54, 1.807) is 0 Å². The molecule has 0 atom stereocenters. The maximum atomic E-state index is 2.47. The molecule has 286 valence electrons. The Balaban J connectivity index is 1.04. The third-order valence-corrected chi connectivity index (χ3v) is 14.3. The van der Waals surface area contributed by atoms with Crippen molar-refractivity contribution < 1.29 is 0 Å². The van der Waals surface area contributed by atoms with E-state index >= 15 is 0 Å². The minimum absolute atomic E-state index is 0.0597. The smallest absolute Gasteiger partial charge is 0.0434 e. The summed E-state index contributed by atoms with van der Waals surface area (Å²) < 4.78 is 2.68. The fourth-order valence-corrected chi connectivity index (χ4v) is 11.3. The summed E-state index contributed by atoms with van der Waals surface area (Å²) in [5, 5.41) is 2.64. The van der Waals surface area contributed by atoms with Crippen molar-refractivity contribution in [3.63, 3.8) is 0 Å². The van der Waals surface area contributed by atoms with Crippen molar-refractivity contribution in [1.82, 2.24) is 0 Å². The van der Waals surface area contributed by atoms with Crippen molar-refractivity contribution in [2.24, 2.45) is 0 Å². The molecule has 9 aromatic rings. The zero-order chi connectivity index (χ0) is 40.4. The number of fused-ring (bicyclic) bond motifs is 6. The standard InChI is InChI=1S/C59H44S/c1-38-46(42-29-27-40(28-30-42)39-15-6-4-7-16-39)36-35-45(47-20-14-26-55-56(47)52-19-10-11-25-54(52)59(55,2)3)37-53(38)44-33-31-43(32-34-44)49-22-13-24-51-50-23-12-21-48(57(50)60-58(49)51)41-17-8-5-9-18-41/h4-35,37H,36H2,1-3H3. The summed E-state index contributed by atoms with van der Waals surface area (Å²) in [6.45, 7) is 7.07. The predicted molar refractivity (Wildman–Crippen MR) is 259 cm³/mol. The fourth-order valence-electron chi connectivity index (χ4n) is 9.88. The van der Waals surface area contributed by atoms with Crippen LogP contribution in [0.2, 0.25) is 0 Å². The van der Waals surface area contributed by atoms with Crippen LogP contribution in [0.25, 0.3) is 81.4 Å². The normalized spacial score (nSPS) is 14.4. The van der Waals surface area contributed by atoms with E-state index in [2.05, 4.69) is 221 Å². The van der Waals surface area contributed by atoms with Crippen LogP contribution >= 0.6 is 11.3 Å². The lowest BCUT2D eigenvalue weighted by Gasteiger charge is -2.21. The molecule has 0 aliphatic heterocycles. The first-order valence-corrected chi connectivity index (χ1v) is 21.9. The predicted octanol–water partition coefficient (Wildman–Crippen LogP) is 16.7. The molecular formula is C59H44S. The Labute approximate surface area is 357 Å². The lowest BCUT2D eigenvalue weighted by Crippen LogP contribution is -2.14. The van der Waals surface area contributed by atoms with E-state index in [1.165, 1.54) is 115 Å². The average molecular weight is 785 g/mol. The Hall–Kier alpha value is -6.80. The molecule has 0 saturated carbocycles. The van der Waals surface area contributed by atoms with Gasteiger partial charge in [-0.3, -0.25) is 0 Å². The number of allylic oxidation sites excluding steroid dienone is 6. The van der Waals surface area contributed by atoms with E-state index in [4.69, 9.17) is 0 Å². The summed E-state index contributed by atoms with van der Waals surface area (Å²) in [6, 6.07) is 69.5. The maximum Gasteiger partial charge on any atom is 0.0434 e. The van der Waals surface area contributed by atoms with E-state index in [0.717, 1.165) is 6.42 Å². The van der Waals surface area contributed by atoms with Crippen LogP contribution < -0.4 is 0 Å². The highest BCUT2D eigenvalue weighted by Gasteiger charge is 2.36. The Bertz CT molecular complexity index is 3210. The SMILES string of the molecule is CC1=C(c2ccc(-c3ccccc3)cc2)CC=C(c2cccc3c2-c2ccccc2C3(C)C)C=C1c1ccc(-c2cccc3c2sc2c(-c4ccccc4)cccc23)cc1. The second-order valence-electron chi connectivity index (χ2n) is 16.8. The molecule has 0 nitrogen and oxygen atoms in total. The number of thiophene rings is 1. The van der Waals surface area contributed by atoms with Gasteiger partial charge in [0.15, 0.2) is 0 Å². The molecule has 60 heavy (non-hydrogen) atoms. The molecule has 0 bridgehead atoms. The van der Waals surface area contributed by atoms with Gasteiger partial charge in [0.25, 0.3) is 0 Å². The van der Waals surface area contributed by atoms with Crippen LogP contribution in [0.3, 0.4) is 0 Å². The lowest BCUT2D eigenvalue weighted by molar-refractivity contribution is 0.660. The highest BCUT2D eigenvalue weighted by Crippen LogP contribution is 2.52. The monoisotopic (exact) mass is 784 g/mol. The Morgan fingerprint density at radius 3 is 1.58 bits per heavy atom. The second-order valence-corrected chi connectivity index (χ2v) is 17.8. The number of rotatable bonds is 6. The van der Waals surface area contributed by atoms with E-state index < -0.39 is 0 Å². The minimum Gasteiger partial charge on any atom is -0.134 e. The Kier molecular flexibility index (Phi) is 8.76. The Morgan fingerprint density at radius 1 is 0.417 bits per heavy atom. The van der Waals surface area contributed by atoms with Crippen LogP contribution in [0, 0.1) is 0 Å². The zero-order valence-corrected chi connectivity index (χ0v) is 35.0. The van der Waals surface area contributed by atoms with Gasteiger partial charge in [0.05, 0.1) is 0 Å². The molecule has 0 fully saturated rings. The molecule has 2 aliphatic rings. The largest absolute Gasteiger partial charge is 0.134 e. The van der Waals surface area contributed by atoms with Gasteiger partial charge in [-0.15, -0.1) is 11.3 Å². The zero-order valence-electron chi connectivity index (χ0n) is 34.2. The maximum absolute atomic E-state index is 2.47. The van der Waals surface area contributed by atoms with E-state index in [1.807, 2.05) is 11.3 Å². The van der Waals surface area contributed by atoms with Crippen molar-refractivity contribution >= 4 is 48.2 Å². The fraction of sp³-hybridized carbons (Fsp3) is 0.0847. The number of hydrogen-bond acceptors (Lipinski definition) is 1. The van der Waals surface area contributed by atoms with E-state index in [9.17, 15) is 0 Å². The number of benzene rings is 8. The van der Waals surface area contributed by atoms with Gasteiger partial charge in [0.1, 0.15) is 0 Å². The summed E-state index contributed by atoms with van der Waals surface area (Å²) in [7, 11) is 0. The van der Waals surface area contributed by atoms with Crippen LogP contribution in [-0.2, 0) is 5.41 Å². The molecule has 0 unspecified atom stereocenters. The van der Waals surface area contributed by atoms with Gasteiger partial charge in [0.2, 0.25) is 0 Å². The van der Waals surface area contributed by atoms with Gasteiger partial charge in [-0.05, 0) is 114 Å². The van der Waals surface area contributed by atoms with Crippen LogP contribution in [0.15, 0.2) is 206 Å². The van der Waals surface area contributed by atoms with E-state index in [-0.39, 0.29) is 5.41 Å². The molecule has 8 aromatic carbocycles. The molecule has 1 heterocycles. The summed E-state index contributed by atoms with van der Waals surface area (Å²) in [4.78, 5) is 0. The molecule has 0 spiro atoms. The molecular weight excluding hydrogens is 741 g/mol. The van der Waals surface area contributed by atoms with Crippen molar-refractivity contribution in [2.75, 3.05) is 0 Å². The van der Waals surface area contributed by atoms with Gasteiger partial charge in [-0.1, -0.05) is 208 Å². The van der Waals surface area contributed by atoms with Gasteiger partial charge in [-0.25, -0.2) is 0 Å². The first-order chi connectivity index (χ1) is 29.4. The summed E-state index contributed by atoms with van der Waals surface area (Å²) in [5.74, 6) is 0. The first-order valence-electron chi connectivity index (χ1n) is 21.1. The molecule has 1 heteroatoms. The molecule has 0 radical (unpaired) electrons. The topological polar surface area (TPSA) is 0 Å². The highest BCUT2D eigenvalue weighted by atomic mass is 32.1. The van der Waals surface area contributed by atoms with Crippen LogP contribution in [0.5, 0.6) is 0 Å². The third-order valence-electron chi connectivity index (χ3n) is 13.1. The summed E-state index contributed by atoms with van der Waals surface area (Å²) >= 11 is 1.91. The summed E-state index contributed by atoms with van der Waals surface area (Å²) in [6.07, 6.45) is 5.79. The van der Waals surface area contributed by atoms with Gasteiger partial charge in [0, 0.05) is 25.6 Å². The van der Waals surface area contributed by atoms with Gasteiger partial charge < -0.3 is 0 Å². The molecule has 0 saturated heterocycles. The molecule has 11 rings (SSSR count). The van der Waals surface area contributed by atoms with Gasteiger partial charge in [-0.2, -0.15) is 0 Å². The van der Waals surface area contributed by atoms with E-state index in [0.29, 0.717) is 0 Å². The summed E-state index contributed by atoms with van der Waals surface area (Å²) in [5.41, 5.74) is 22.0. The highest BCUT2D eigenvalue weighted by molar-refractivity contribution is 7.26. The first kappa shape index (κ1) is 36.3. The lowest BCUT2D eigenvalue weighted by atomic mass is 9.82. The van der Waals surface area contributed by atoms with Gasteiger partial charge >= 0.3 is 0 Å². The number of hydrogen-bond donors (Lipinski definition) is 0.